The van der Waals surface area contributed by atoms with Crippen molar-refractivity contribution in [1.82, 2.24) is 4.90 Å². The van der Waals surface area contributed by atoms with Gasteiger partial charge >= 0.3 is 0 Å². The van der Waals surface area contributed by atoms with E-state index in [1.807, 2.05) is 19.1 Å². The van der Waals surface area contributed by atoms with Gasteiger partial charge in [0.2, 0.25) is 0 Å². The molecule has 1 N–H and O–H groups in total. The van der Waals surface area contributed by atoms with Gasteiger partial charge in [0.25, 0.3) is 5.91 Å². The number of amides is 1. The van der Waals surface area contributed by atoms with Gasteiger partial charge in [-0.25, -0.2) is 0 Å². The molecule has 1 saturated heterocycles. The van der Waals surface area contributed by atoms with Crippen LogP contribution >= 0.6 is 11.6 Å². The van der Waals surface area contributed by atoms with Gasteiger partial charge in [-0.2, -0.15) is 0 Å². The Morgan fingerprint density at radius 1 is 1.45 bits per heavy atom. The van der Waals surface area contributed by atoms with Crippen molar-refractivity contribution in [1.29, 1.82) is 0 Å². The topological polar surface area (TPSA) is 49.8 Å². The number of ether oxygens (including phenoxy) is 1. The highest BCUT2D eigenvalue weighted by Crippen LogP contribution is 2.32. The molecule has 1 amide bonds. The lowest BCUT2D eigenvalue weighted by Gasteiger charge is -2.36. The highest BCUT2D eigenvalue weighted by Gasteiger charge is 2.36. The van der Waals surface area contributed by atoms with Crippen molar-refractivity contribution in [2.75, 3.05) is 13.1 Å². The molecule has 2 aliphatic heterocycles. The van der Waals surface area contributed by atoms with Crippen LogP contribution in [-0.2, 0) is 11.2 Å². The quantitative estimate of drug-likeness (QED) is 0.862. The molecule has 2 heterocycles. The van der Waals surface area contributed by atoms with Gasteiger partial charge in [-0.05, 0) is 43.5 Å². The Morgan fingerprint density at radius 2 is 2.15 bits per heavy atom. The second-order valence-electron chi connectivity index (χ2n) is 5.88. The molecular weight excluding hydrogens is 278 g/mol. The second-order valence-corrected chi connectivity index (χ2v) is 6.32. The third-order valence-corrected chi connectivity index (χ3v) is 4.36. The molecule has 4 nitrogen and oxygen atoms in total. The summed E-state index contributed by atoms with van der Waals surface area (Å²) in [6, 6.07) is 5.43. The van der Waals surface area contributed by atoms with Crippen LogP contribution in [0.3, 0.4) is 0 Å². The minimum atomic E-state index is -0.649. The normalized spacial score (nSPS) is 24.1. The van der Waals surface area contributed by atoms with Gasteiger partial charge in [0.1, 0.15) is 5.75 Å². The van der Waals surface area contributed by atoms with E-state index in [1.165, 1.54) is 0 Å². The van der Waals surface area contributed by atoms with E-state index in [0.717, 1.165) is 11.3 Å². The smallest absolute Gasteiger partial charge is 0.263 e. The van der Waals surface area contributed by atoms with Crippen LogP contribution in [-0.4, -0.2) is 40.7 Å². The first-order chi connectivity index (χ1) is 9.44. The summed E-state index contributed by atoms with van der Waals surface area (Å²) in [7, 11) is 0. The van der Waals surface area contributed by atoms with E-state index >= 15 is 0 Å². The molecule has 5 heteroatoms. The Kier molecular flexibility index (Phi) is 3.38. The molecule has 20 heavy (non-hydrogen) atoms. The molecule has 0 spiro atoms. The van der Waals surface area contributed by atoms with E-state index in [2.05, 4.69) is 0 Å². The molecule has 1 aromatic carbocycles. The van der Waals surface area contributed by atoms with E-state index < -0.39 is 11.7 Å². The maximum Gasteiger partial charge on any atom is 0.263 e. The number of likely N-dealkylation sites (tertiary alicyclic amines) is 1. The highest BCUT2D eigenvalue weighted by molar-refractivity contribution is 6.30. The van der Waals surface area contributed by atoms with Crippen LogP contribution < -0.4 is 4.74 Å². The fourth-order valence-electron chi connectivity index (χ4n) is 2.77. The molecule has 3 rings (SSSR count). The lowest BCUT2D eigenvalue weighted by atomic mass is 9.93. The van der Waals surface area contributed by atoms with E-state index in [4.69, 9.17) is 16.3 Å². The number of halogens is 1. The van der Waals surface area contributed by atoms with E-state index in [9.17, 15) is 9.90 Å². The van der Waals surface area contributed by atoms with Crippen molar-refractivity contribution in [2.24, 2.45) is 0 Å². The SMILES string of the molecule is CC1(O)CCN(C(=O)C2Cc3cc(Cl)ccc3O2)CC1. The molecule has 0 bridgehead atoms. The molecule has 1 aromatic rings. The molecule has 0 aromatic heterocycles. The van der Waals surface area contributed by atoms with Crippen LogP contribution in [0.15, 0.2) is 18.2 Å². The predicted octanol–water partition coefficient (Wildman–Crippen LogP) is 2.02. The van der Waals surface area contributed by atoms with Gasteiger partial charge in [-0.3, -0.25) is 4.79 Å². The minimum Gasteiger partial charge on any atom is -0.480 e. The Morgan fingerprint density at radius 3 is 2.85 bits per heavy atom. The van der Waals surface area contributed by atoms with E-state index in [0.29, 0.717) is 37.4 Å². The molecule has 1 unspecified atom stereocenters. The fourth-order valence-corrected chi connectivity index (χ4v) is 2.96. The monoisotopic (exact) mass is 295 g/mol. The maximum absolute atomic E-state index is 12.5. The number of fused-ring (bicyclic) bond motifs is 1. The molecule has 1 atom stereocenters. The number of aliphatic hydroxyl groups is 1. The van der Waals surface area contributed by atoms with Gasteiger partial charge in [-0.1, -0.05) is 11.6 Å². The summed E-state index contributed by atoms with van der Waals surface area (Å²) < 4.78 is 5.72. The first kappa shape index (κ1) is 13.7. The minimum absolute atomic E-state index is 0.00724. The van der Waals surface area contributed by atoms with Crippen molar-refractivity contribution >= 4 is 17.5 Å². The van der Waals surface area contributed by atoms with Crippen LogP contribution in [0.4, 0.5) is 0 Å². The van der Waals surface area contributed by atoms with Gasteiger partial charge in [0.05, 0.1) is 5.60 Å². The van der Waals surface area contributed by atoms with Gasteiger partial charge in [-0.15, -0.1) is 0 Å². The van der Waals surface area contributed by atoms with Crippen LogP contribution in [0, 0.1) is 0 Å². The van der Waals surface area contributed by atoms with E-state index in [1.54, 1.807) is 11.0 Å². The molecule has 0 radical (unpaired) electrons. The standard InChI is InChI=1S/C15H18ClNO3/c1-15(19)4-6-17(7-5-15)14(18)13-9-10-8-11(16)2-3-12(10)20-13/h2-3,8,13,19H,4-7,9H2,1H3. The van der Waals surface area contributed by atoms with Gasteiger partial charge in [0, 0.05) is 24.5 Å². The molecule has 0 saturated carbocycles. The number of rotatable bonds is 1. The summed E-state index contributed by atoms with van der Waals surface area (Å²) in [6.45, 7) is 2.99. The molecular formula is C15H18ClNO3. The Labute approximate surface area is 123 Å². The zero-order valence-corrected chi connectivity index (χ0v) is 12.2. The van der Waals surface area contributed by atoms with E-state index in [-0.39, 0.29) is 5.91 Å². The first-order valence-electron chi connectivity index (χ1n) is 6.91. The summed E-state index contributed by atoms with van der Waals surface area (Å²) in [5.41, 5.74) is 0.337. The highest BCUT2D eigenvalue weighted by atomic mass is 35.5. The summed E-state index contributed by atoms with van der Waals surface area (Å²) in [6.07, 6.45) is 1.35. The second kappa shape index (κ2) is 4.93. The Hall–Kier alpha value is -1.26. The van der Waals surface area contributed by atoms with Crippen molar-refractivity contribution in [2.45, 2.75) is 37.9 Å². The van der Waals surface area contributed by atoms with Crippen molar-refractivity contribution in [3.63, 3.8) is 0 Å². The van der Waals surface area contributed by atoms with Crippen molar-refractivity contribution < 1.29 is 14.6 Å². The summed E-state index contributed by atoms with van der Waals surface area (Å²) in [5.74, 6) is 0.754. The van der Waals surface area contributed by atoms with Crippen molar-refractivity contribution in [3.8, 4) is 5.75 Å². The first-order valence-corrected chi connectivity index (χ1v) is 7.29. The summed E-state index contributed by atoms with van der Waals surface area (Å²) >= 11 is 5.95. The maximum atomic E-state index is 12.5. The van der Waals surface area contributed by atoms with Crippen LogP contribution in [0.2, 0.25) is 5.02 Å². The predicted molar refractivity (Wildman–Crippen MR) is 76.0 cm³/mol. The Balaban J connectivity index is 1.66. The molecule has 1 fully saturated rings. The zero-order valence-electron chi connectivity index (χ0n) is 11.4. The third kappa shape index (κ3) is 2.63. The van der Waals surface area contributed by atoms with Crippen LogP contribution in [0.25, 0.3) is 0 Å². The molecule has 2 aliphatic rings. The third-order valence-electron chi connectivity index (χ3n) is 4.12. The number of carbonyl (C=O) groups excluding carboxylic acids is 1. The zero-order chi connectivity index (χ0) is 14.3. The summed E-state index contributed by atoms with van der Waals surface area (Å²) in [5, 5.41) is 10.6. The van der Waals surface area contributed by atoms with Crippen molar-refractivity contribution in [3.05, 3.63) is 28.8 Å². The molecule has 108 valence electrons. The average Bonchev–Trinajstić information content (AvgIpc) is 2.80. The number of hydrogen-bond donors (Lipinski definition) is 1. The van der Waals surface area contributed by atoms with Crippen LogP contribution in [0.1, 0.15) is 25.3 Å². The number of nitrogens with zero attached hydrogens (tertiary/aromatic N) is 1. The van der Waals surface area contributed by atoms with Gasteiger partial charge < -0.3 is 14.7 Å². The lowest BCUT2D eigenvalue weighted by Crippen LogP contribution is -2.49. The number of hydrogen-bond acceptors (Lipinski definition) is 3. The lowest BCUT2D eigenvalue weighted by molar-refractivity contribution is -0.141. The Bertz CT molecular complexity index is 534. The van der Waals surface area contributed by atoms with Crippen LogP contribution in [0.5, 0.6) is 5.75 Å². The number of piperidine rings is 1. The van der Waals surface area contributed by atoms with Gasteiger partial charge in [0.15, 0.2) is 6.10 Å². The summed E-state index contributed by atoms with van der Waals surface area (Å²) in [4.78, 5) is 14.2. The largest absolute Gasteiger partial charge is 0.480 e. The number of benzene rings is 1. The fraction of sp³-hybridized carbons (Fsp3) is 0.533. The molecule has 0 aliphatic carbocycles. The number of carbonyl (C=O) groups is 1. The average molecular weight is 296 g/mol.